The third-order valence-electron chi connectivity index (χ3n) is 7.76. The molecule has 0 aromatic heterocycles. The smallest absolute Gasteiger partial charge is 0.148 e. The molecule has 2 aliphatic carbocycles. The lowest BCUT2D eigenvalue weighted by molar-refractivity contribution is 0.113. The Morgan fingerprint density at radius 2 is 1.79 bits per heavy atom. The Morgan fingerprint density at radius 3 is 2.62 bits per heavy atom. The van der Waals surface area contributed by atoms with Crippen LogP contribution in [0, 0.1) is 34.9 Å². The molecule has 0 heterocycles. The molecule has 0 aliphatic heterocycles. The second-order valence-electron chi connectivity index (χ2n) is 9.58. The van der Waals surface area contributed by atoms with Crippen molar-refractivity contribution in [2.24, 2.45) is 17.8 Å². The molecule has 4 unspecified atom stereocenters. The van der Waals surface area contributed by atoms with Gasteiger partial charge >= 0.3 is 0 Å². The van der Waals surface area contributed by atoms with Crippen molar-refractivity contribution >= 4 is 10.8 Å². The molecule has 4 atom stereocenters. The van der Waals surface area contributed by atoms with Crippen molar-refractivity contribution in [1.82, 2.24) is 0 Å². The van der Waals surface area contributed by atoms with Gasteiger partial charge in [0, 0.05) is 5.39 Å². The summed E-state index contributed by atoms with van der Waals surface area (Å²) in [6.45, 7) is 2.29. The van der Waals surface area contributed by atoms with E-state index < -0.39 is 0 Å². The summed E-state index contributed by atoms with van der Waals surface area (Å²) in [4.78, 5) is 0. The first-order valence-corrected chi connectivity index (χ1v) is 11.8. The van der Waals surface area contributed by atoms with Crippen molar-refractivity contribution in [3.63, 3.8) is 0 Å². The zero-order valence-corrected chi connectivity index (χ0v) is 17.8. The van der Waals surface area contributed by atoms with Gasteiger partial charge in [-0.05, 0) is 72.8 Å². The SMILES string of the molecule is CCCCCCC1CCC2CC(c3ccc4c(F)c(C#N)ccc4c3)CCC2C1. The Bertz CT molecular complexity index is 880. The average molecular weight is 392 g/mol. The number of nitrogens with zero attached hydrogens (tertiary/aromatic N) is 1. The Morgan fingerprint density at radius 1 is 0.966 bits per heavy atom. The van der Waals surface area contributed by atoms with Crippen LogP contribution in [0.4, 0.5) is 4.39 Å². The summed E-state index contributed by atoms with van der Waals surface area (Å²) >= 11 is 0. The number of unbranched alkanes of at least 4 members (excludes halogenated alkanes) is 3. The van der Waals surface area contributed by atoms with Crippen molar-refractivity contribution < 1.29 is 4.39 Å². The van der Waals surface area contributed by atoms with Gasteiger partial charge in [0.2, 0.25) is 0 Å². The first kappa shape index (κ1) is 20.4. The number of fused-ring (bicyclic) bond motifs is 2. The highest BCUT2D eigenvalue weighted by Gasteiger charge is 2.35. The van der Waals surface area contributed by atoms with Gasteiger partial charge in [-0.2, -0.15) is 5.26 Å². The van der Waals surface area contributed by atoms with E-state index in [1.807, 2.05) is 18.2 Å². The topological polar surface area (TPSA) is 23.8 Å². The molecule has 2 saturated carbocycles. The van der Waals surface area contributed by atoms with E-state index in [9.17, 15) is 4.39 Å². The minimum Gasteiger partial charge on any atom is -0.205 e. The van der Waals surface area contributed by atoms with E-state index in [1.165, 1.54) is 76.2 Å². The van der Waals surface area contributed by atoms with Crippen molar-refractivity contribution in [3.8, 4) is 6.07 Å². The van der Waals surface area contributed by atoms with Crippen LogP contribution in [0.2, 0.25) is 0 Å². The fourth-order valence-corrected chi connectivity index (χ4v) is 6.06. The zero-order chi connectivity index (χ0) is 20.2. The lowest BCUT2D eigenvalue weighted by Gasteiger charge is -2.42. The molecule has 0 radical (unpaired) electrons. The van der Waals surface area contributed by atoms with Gasteiger partial charge in [0.05, 0.1) is 5.56 Å². The number of rotatable bonds is 6. The Balaban J connectivity index is 1.39. The summed E-state index contributed by atoms with van der Waals surface area (Å²) in [6, 6.07) is 11.6. The highest BCUT2D eigenvalue weighted by Crippen LogP contribution is 2.48. The Hall–Kier alpha value is -1.88. The lowest BCUT2D eigenvalue weighted by Crippen LogP contribution is -2.30. The van der Waals surface area contributed by atoms with Crippen LogP contribution >= 0.6 is 0 Å². The maximum absolute atomic E-state index is 14.4. The van der Waals surface area contributed by atoms with E-state index in [2.05, 4.69) is 19.1 Å². The zero-order valence-electron chi connectivity index (χ0n) is 17.8. The van der Waals surface area contributed by atoms with Gasteiger partial charge in [0.1, 0.15) is 11.9 Å². The monoisotopic (exact) mass is 391 g/mol. The highest BCUT2D eigenvalue weighted by atomic mass is 19.1. The number of halogens is 1. The molecule has 1 nitrogen and oxygen atoms in total. The molecular weight excluding hydrogens is 357 g/mol. The summed E-state index contributed by atoms with van der Waals surface area (Å²) in [7, 11) is 0. The molecule has 0 N–H and O–H groups in total. The van der Waals surface area contributed by atoms with Crippen LogP contribution < -0.4 is 0 Å². The Labute approximate surface area is 175 Å². The minimum absolute atomic E-state index is 0.136. The lowest BCUT2D eigenvalue weighted by atomic mass is 9.63. The van der Waals surface area contributed by atoms with E-state index in [4.69, 9.17) is 5.26 Å². The molecule has 29 heavy (non-hydrogen) atoms. The van der Waals surface area contributed by atoms with Crippen molar-refractivity contribution in [2.45, 2.75) is 83.5 Å². The molecule has 154 valence electrons. The number of hydrogen-bond donors (Lipinski definition) is 0. The predicted octanol–water partition coefficient (Wildman–Crippen LogP) is 8.12. The molecule has 2 aromatic carbocycles. The van der Waals surface area contributed by atoms with Gasteiger partial charge < -0.3 is 0 Å². The van der Waals surface area contributed by atoms with Crippen LogP contribution in [0.25, 0.3) is 10.8 Å². The summed E-state index contributed by atoms with van der Waals surface area (Å²) in [5.41, 5.74) is 1.50. The van der Waals surface area contributed by atoms with E-state index in [0.717, 1.165) is 23.1 Å². The van der Waals surface area contributed by atoms with Gasteiger partial charge in [0.15, 0.2) is 0 Å². The molecule has 2 aliphatic rings. The van der Waals surface area contributed by atoms with Crippen LogP contribution in [-0.2, 0) is 0 Å². The fraction of sp³-hybridized carbons (Fsp3) is 0.593. The first-order chi connectivity index (χ1) is 14.2. The third kappa shape index (κ3) is 4.50. The van der Waals surface area contributed by atoms with E-state index >= 15 is 0 Å². The summed E-state index contributed by atoms with van der Waals surface area (Å²) in [5, 5.41) is 10.5. The predicted molar refractivity (Wildman–Crippen MR) is 118 cm³/mol. The highest BCUT2D eigenvalue weighted by molar-refractivity contribution is 5.85. The molecule has 0 amide bonds. The van der Waals surface area contributed by atoms with E-state index in [0.29, 0.717) is 11.3 Å². The molecular formula is C27H34FN. The van der Waals surface area contributed by atoms with E-state index in [1.54, 1.807) is 6.07 Å². The Kier molecular flexibility index (Phi) is 6.53. The number of nitriles is 1. The first-order valence-electron chi connectivity index (χ1n) is 11.8. The van der Waals surface area contributed by atoms with E-state index in [-0.39, 0.29) is 11.4 Å². The quantitative estimate of drug-likeness (QED) is 0.456. The van der Waals surface area contributed by atoms with Crippen molar-refractivity contribution in [1.29, 1.82) is 5.26 Å². The van der Waals surface area contributed by atoms with Gasteiger partial charge in [-0.1, -0.05) is 69.7 Å². The summed E-state index contributed by atoms with van der Waals surface area (Å²) in [5.74, 6) is 3.03. The largest absolute Gasteiger partial charge is 0.205 e. The van der Waals surface area contributed by atoms with Crippen LogP contribution in [-0.4, -0.2) is 0 Å². The second-order valence-corrected chi connectivity index (χ2v) is 9.58. The third-order valence-corrected chi connectivity index (χ3v) is 7.76. The molecule has 0 saturated heterocycles. The van der Waals surface area contributed by atoms with Crippen molar-refractivity contribution in [3.05, 3.63) is 47.3 Å². The molecule has 2 fully saturated rings. The van der Waals surface area contributed by atoms with Crippen LogP contribution in [0.5, 0.6) is 0 Å². The van der Waals surface area contributed by atoms with Crippen molar-refractivity contribution in [2.75, 3.05) is 0 Å². The maximum Gasteiger partial charge on any atom is 0.148 e. The maximum atomic E-state index is 14.4. The van der Waals surface area contributed by atoms with Gasteiger partial charge in [-0.25, -0.2) is 4.39 Å². The minimum atomic E-state index is -0.377. The fourth-order valence-electron chi connectivity index (χ4n) is 6.06. The van der Waals surface area contributed by atoms with Crippen LogP contribution in [0.3, 0.4) is 0 Å². The standard InChI is InChI=1S/C27H34FN/c1-2-3-4-5-6-19-7-8-21-16-22(10-9-20(21)15-19)23-13-14-26-24(17-23)11-12-25(18-29)27(26)28/h11-14,17,19-22H,2-10,15-16H2,1H3. The summed E-state index contributed by atoms with van der Waals surface area (Å²) < 4.78 is 14.4. The molecule has 2 heteroatoms. The molecule has 0 spiro atoms. The van der Waals surface area contributed by atoms with Crippen LogP contribution in [0.1, 0.15) is 94.6 Å². The molecule has 2 aromatic rings. The summed E-state index contributed by atoms with van der Waals surface area (Å²) in [6.07, 6.45) is 15.3. The van der Waals surface area contributed by atoms with Gasteiger partial charge in [-0.3, -0.25) is 0 Å². The molecule has 0 bridgehead atoms. The number of benzene rings is 2. The van der Waals surface area contributed by atoms with Crippen LogP contribution in [0.15, 0.2) is 30.3 Å². The average Bonchev–Trinajstić information content (AvgIpc) is 2.76. The second kappa shape index (κ2) is 9.29. The molecule has 4 rings (SSSR count). The van der Waals surface area contributed by atoms with Gasteiger partial charge in [0.25, 0.3) is 0 Å². The number of hydrogen-bond acceptors (Lipinski definition) is 1. The van der Waals surface area contributed by atoms with Gasteiger partial charge in [-0.15, -0.1) is 0 Å². The normalized spacial score (nSPS) is 26.8.